The van der Waals surface area contributed by atoms with E-state index in [9.17, 15) is 9.18 Å². The molecular formula is C22H28ClFN4O3. The molecule has 1 aliphatic heterocycles. The Morgan fingerprint density at radius 1 is 1.23 bits per heavy atom. The molecule has 2 aromatic heterocycles. The number of hydrogen-bond acceptors (Lipinski definition) is 7. The number of Topliss-reactive ketones (excluding diaryl/α,β-unsaturated/α-hetero) is 1. The van der Waals surface area contributed by atoms with Gasteiger partial charge in [-0.15, -0.1) is 0 Å². The molecule has 31 heavy (non-hydrogen) atoms. The number of fused-ring (bicyclic) bond motifs is 1. The fourth-order valence-electron chi connectivity index (χ4n) is 4.51. The number of nitrogens with zero attached hydrogens (tertiary/aromatic N) is 4. The summed E-state index contributed by atoms with van der Waals surface area (Å²) in [5, 5.41) is 4.34. The van der Waals surface area contributed by atoms with Crippen molar-refractivity contribution in [1.29, 1.82) is 0 Å². The summed E-state index contributed by atoms with van der Waals surface area (Å²) in [7, 11) is 1.89. The van der Waals surface area contributed by atoms with Crippen LogP contribution >= 0.6 is 11.6 Å². The predicted molar refractivity (Wildman–Crippen MR) is 114 cm³/mol. The van der Waals surface area contributed by atoms with Gasteiger partial charge >= 0.3 is 0 Å². The summed E-state index contributed by atoms with van der Waals surface area (Å²) in [6.07, 6.45) is 5.46. The van der Waals surface area contributed by atoms with Crippen LogP contribution in [0, 0.1) is 0 Å². The lowest BCUT2D eigenvalue weighted by atomic mass is 9.97. The maximum Gasteiger partial charge on any atom is 0.218 e. The van der Waals surface area contributed by atoms with Crippen LogP contribution in [0.4, 0.5) is 4.39 Å². The first-order valence-electron chi connectivity index (χ1n) is 11.0. The van der Waals surface area contributed by atoms with E-state index < -0.39 is 6.17 Å². The van der Waals surface area contributed by atoms with Crippen LogP contribution in [0.3, 0.4) is 0 Å². The van der Waals surface area contributed by atoms with E-state index in [1.165, 1.54) is 6.07 Å². The van der Waals surface area contributed by atoms with Gasteiger partial charge in [-0.25, -0.2) is 9.37 Å². The van der Waals surface area contributed by atoms with E-state index in [0.717, 1.165) is 37.7 Å². The Balaban J connectivity index is 1.60. The van der Waals surface area contributed by atoms with Crippen molar-refractivity contribution in [2.24, 2.45) is 0 Å². The van der Waals surface area contributed by atoms with Gasteiger partial charge in [-0.2, -0.15) is 4.98 Å². The maximum atomic E-state index is 13.8. The molecule has 0 radical (unpaired) electrons. The van der Waals surface area contributed by atoms with Gasteiger partial charge in [0, 0.05) is 30.6 Å². The largest absolute Gasteiger partial charge is 0.473 e. The van der Waals surface area contributed by atoms with Crippen molar-refractivity contribution in [3.63, 3.8) is 0 Å². The van der Waals surface area contributed by atoms with Crippen LogP contribution in [-0.2, 0) is 6.42 Å². The van der Waals surface area contributed by atoms with Crippen LogP contribution < -0.4 is 4.74 Å². The van der Waals surface area contributed by atoms with Gasteiger partial charge in [0.2, 0.25) is 17.4 Å². The Labute approximate surface area is 186 Å². The van der Waals surface area contributed by atoms with Gasteiger partial charge < -0.3 is 9.26 Å². The van der Waals surface area contributed by atoms with Gasteiger partial charge in [0.15, 0.2) is 11.5 Å². The van der Waals surface area contributed by atoms with Gasteiger partial charge in [-0.3, -0.25) is 9.69 Å². The minimum absolute atomic E-state index is 0.0344. The Kier molecular flexibility index (Phi) is 6.86. The number of likely N-dealkylation sites (N-methyl/N-ethyl adjacent to an activating group) is 1. The minimum atomic E-state index is -0.855. The molecule has 1 fully saturated rings. The Morgan fingerprint density at radius 3 is 2.71 bits per heavy atom. The van der Waals surface area contributed by atoms with Gasteiger partial charge in [-0.05, 0) is 39.7 Å². The second kappa shape index (κ2) is 9.61. The number of ether oxygens (including phenoxy) is 1. The Hall–Kier alpha value is -2.06. The third kappa shape index (κ3) is 5.06. The zero-order valence-corrected chi connectivity index (χ0v) is 18.7. The normalized spacial score (nSPS) is 24.1. The third-order valence-electron chi connectivity index (χ3n) is 6.15. The standard InChI is InChI=1S/C22H28ClFN4O3/c1-13(16-10-14(24)12-28(16)2)30-19-11-18(23)25-22(26-19)20-15-8-6-4-3-5-7-9-17(29)21(15)31-27-20/h11,13-14,16H,3-10,12H2,1-2H3/t13-,14-,16-/m0/s1. The summed E-state index contributed by atoms with van der Waals surface area (Å²) in [6, 6.07) is 1.48. The number of halogens is 2. The molecule has 0 amide bonds. The molecule has 1 saturated heterocycles. The third-order valence-corrected chi connectivity index (χ3v) is 6.35. The molecule has 0 aromatic carbocycles. The molecule has 7 nitrogen and oxygen atoms in total. The highest BCUT2D eigenvalue weighted by atomic mass is 35.5. The first-order valence-corrected chi connectivity index (χ1v) is 11.4. The molecule has 2 aromatic rings. The van der Waals surface area contributed by atoms with Crippen molar-refractivity contribution in [2.45, 2.75) is 76.6 Å². The van der Waals surface area contributed by atoms with Crippen molar-refractivity contribution in [2.75, 3.05) is 13.6 Å². The number of rotatable bonds is 4. The van der Waals surface area contributed by atoms with E-state index >= 15 is 0 Å². The first kappa shape index (κ1) is 22.1. The van der Waals surface area contributed by atoms with Crippen LogP contribution in [0.1, 0.15) is 68.0 Å². The molecule has 0 spiro atoms. The van der Waals surface area contributed by atoms with Crippen molar-refractivity contribution in [1.82, 2.24) is 20.0 Å². The predicted octanol–water partition coefficient (Wildman–Crippen LogP) is 4.67. The summed E-state index contributed by atoms with van der Waals surface area (Å²) in [5.74, 6) is 0.833. The van der Waals surface area contributed by atoms with E-state index in [1.807, 2.05) is 18.9 Å². The molecule has 168 valence electrons. The van der Waals surface area contributed by atoms with Gasteiger partial charge in [0.25, 0.3) is 0 Å². The first-order chi connectivity index (χ1) is 14.9. The lowest BCUT2D eigenvalue weighted by Gasteiger charge is -2.26. The van der Waals surface area contributed by atoms with E-state index in [1.54, 1.807) is 0 Å². The molecule has 9 heteroatoms. The molecular weight excluding hydrogens is 423 g/mol. The number of likely N-dealkylation sites (tertiary alicyclic amines) is 1. The molecule has 0 saturated carbocycles. The highest BCUT2D eigenvalue weighted by Crippen LogP contribution is 2.30. The summed E-state index contributed by atoms with van der Waals surface area (Å²) >= 11 is 6.25. The van der Waals surface area contributed by atoms with Crippen molar-refractivity contribution >= 4 is 17.4 Å². The van der Waals surface area contributed by atoms with E-state index in [4.69, 9.17) is 20.9 Å². The number of hydrogen-bond donors (Lipinski definition) is 0. The van der Waals surface area contributed by atoms with E-state index in [2.05, 4.69) is 15.1 Å². The van der Waals surface area contributed by atoms with Gasteiger partial charge in [0.1, 0.15) is 17.4 Å². The van der Waals surface area contributed by atoms with Crippen LogP contribution in [0.5, 0.6) is 5.88 Å². The zero-order chi connectivity index (χ0) is 22.0. The van der Waals surface area contributed by atoms with E-state index in [-0.39, 0.29) is 28.9 Å². The fourth-order valence-corrected chi connectivity index (χ4v) is 4.69. The number of aromatic nitrogens is 3. The highest BCUT2D eigenvalue weighted by Gasteiger charge is 2.34. The SMILES string of the molecule is C[C@H](Oc1cc(Cl)nc(-c2noc3c2CCCCCCCC3=O)n1)[C@@H]1C[C@H](F)CN1C. The summed E-state index contributed by atoms with van der Waals surface area (Å²) in [5.41, 5.74) is 1.18. The molecule has 2 aliphatic rings. The molecule has 0 bridgehead atoms. The summed E-state index contributed by atoms with van der Waals surface area (Å²) in [6.45, 7) is 2.29. The molecule has 3 atom stereocenters. The van der Waals surface area contributed by atoms with Crippen LogP contribution in [-0.4, -0.2) is 57.7 Å². The highest BCUT2D eigenvalue weighted by molar-refractivity contribution is 6.29. The van der Waals surface area contributed by atoms with Crippen molar-refractivity contribution in [3.05, 3.63) is 22.5 Å². The summed E-state index contributed by atoms with van der Waals surface area (Å²) in [4.78, 5) is 23.4. The van der Waals surface area contributed by atoms with Gasteiger partial charge in [-0.1, -0.05) is 36.0 Å². The average Bonchev–Trinajstić information content (AvgIpc) is 3.29. The fraction of sp³-hybridized carbons (Fsp3) is 0.636. The Morgan fingerprint density at radius 2 is 1.97 bits per heavy atom. The van der Waals surface area contributed by atoms with Crippen LogP contribution in [0.2, 0.25) is 5.15 Å². The molecule has 1 aliphatic carbocycles. The van der Waals surface area contributed by atoms with Crippen molar-refractivity contribution in [3.8, 4) is 17.4 Å². The monoisotopic (exact) mass is 450 g/mol. The second-order valence-electron chi connectivity index (χ2n) is 8.55. The molecule has 4 rings (SSSR count). The quantitative estimate of drug-likeness (QED) is 0.626. The number of carbonyl (C=O) groups is 1. The molecule has 0 unspecified atom stereocenters. The lowest BCUT2D eigenvalue weighted by Crippen LogP contribution is -2.38. The lowest BCUT2D eigenvalue weighted by molar-refractivity contribution is 0.0941. The Bertz CT molecular complexity index is 937. The number of alkyl halides is 1. The smallest absolute Gasteiger partial charge is 0.218 e. The zero-order valence-electron chi connectivity index (χ0n) is 17.9. The average molecular weight is 451 g/mol. The van der Waals surface area contributed by atoms with Crippen LogP contribution in [0.25, 0.3) is 11.5 Å². The van der Waals surface area contributed by atoms with Crippen molar-refractivity contribution < 1.29 is 18.4 Å². The number of ketones is 1. The molecule has 0 N–H and O–H groups in total. The minimum Gasteiger partial charge on any atom is -0.473 e. The topological polar surface area (TPSA) is 81.3 Å². The molecule has 3 heterocycles. The second-order valence-corrected chi connectivity index (χ2v) is 8.93. The van der Waals surface area contributed by atoms with Gasteiger partial charge in [0.05, 0.1) is 0 Å². The van der Waals surface area contributed by atoms with Crippen LogP contribution in [0.15, 0.2) is 10.6 Å². The van der Waals surface area contributed by atoms with E-state index in [0.29, 0.717) is 43.1 Å². The summed E-state index contributed by atoms with van der Waals surface area (Å²) < 4.78 is 25.2. The maximum absolute atomic E-state index is 13.8. The number of carbonyl (C=O) groups excluding carboxylic acids is 1.